The molecule has 2 aromatic rings. The summed E-state index contributed by atoms with van der Waals surface area (Å²) in [5.41, 5.74) is 10.1. The fourth-order valence-corrected chi connectivity index (χ4v) is 2.31. The standard InChI is InChI=1S/C10H14N4S/c1-7-9(5-14(2)13-7)10(11)3-8-4-12-6-15-8/h4-6,10H,3,11H2,1-2H3. The molecule has 0 saturated carbocycles. The van der Waals surface area contributed by atoms with Crippen molar-refractivity contribution in [1.29, 1.82) is 0 Å². The SMILES string of the molecule is Cc1nn(C)cc1C(N)Cc1cncs1. The highest BCUT2D eigenvalue weighted by Gasteiger charge is 2.13. The first-order valence-electron chi connectivity index (χ1n) is 4.80. The van der Waals surface area contributed by atoms with Gasteiger partial charge in [-0.2, -0.15) is 5.10 Å². The Bertz CT molecular complexity index is 432. The molecule has 1 unspecified atom stereocenters. The van der Waals surface area contributed by atoms with Crippen LogP contribution in [0, 0.1) is 6.92 Å². The molecule has 2 aromatic heterocycles. The molecule has 1 atom stereocenters. The summed E-state index contributed by atoms with van der Waals surface area (Å²) in [6.45, 7) is 1.99. The second kappa shape index (κ2) is 4.12. The van der Waals surface area contributed by atoms with Gasteiger partial charge in [-0.05, 0) is 6.92 Å². The van der Waals surface area contributed by atoms with Gasteiger partial charge in [0, 0.05) is 42.3 Å². The maximum absolute atomic E-state index is 6.13. The van der Waals surface area contributed by atoms with Gasteiger partial charge in [-0.3, -0.25) is 9.67 Å². The average molecular weight is 222 g/mol. The van der Waals surface area contributed by atoms with Gasteiger partial charge in [-0.15, -0.1) is 11.3 Å². The van der Waals surface area contributed by atoms with E-state index in [0.29, 0.717) is 0 Å². The van der Waals surface area contributed by atoms with E-state index in [4.69, 9.17) is 5.73 Å². The average Bonchev–Trinajstić information content (AvgIpc) is 2.75. The highest BCUT2D eigenvalue weighted by Crippen LogP contribution is 2.20. The van der Waals surface area contributed by atoms with Crippen molar-refractivity contribution >= 4 is 11.3 Å². The third-order valence-electron chi connectivity index (χ3n) is 2.36. The highest BCUT2D eigenvalue weighted by molar-refractivity contribution is 7.09. The zero-order chi connectivity index (χ0) is 10.8. The van der Waals surface area contributed by atoms with Crippen molar-refractivity contribution in [3.63, 3.8) is 0 Å². The van der Waals surface area contributed by atoms with Crippen LogP contribution in [0.4, 0.5) is 0 Å². The molecule has 80 valence electrons. The molecule has 0 aliphatic carbocycles. The van der Waals surface area contributed by atoms with Crippen molar-refractivity contribution in [3.8, 4) is 0 Å². The topological polar surface area (TPSA) is 56.7 Å². The zero-order valence-electron chi connectivity index (χ0n) is 8.84. The van der Waals surface area contributed by atoms with Gasteiger partial charge in [-0.25, -0.2) is 0 Å². The first-order valence-corrected chi connectivity index (χ1v) is 5.68. The van der Waals surface area contributed by atoms with Crippen LogP contribution in [0.25, 0.3) is 0 Å². The number of aryl methyl sites for hydroxylation is 2. The Balaban J connectivity index is 2.14. The van der Waals surface area contributed by atoms with Gasteiger partial charge in [0.05, 0.1) is 11.2 Å². The maximum Gasteiger partial charge on any atom is 0.0794 e. The number of hydrogen-bond acceptors (Lipinski definition) is 4. The quantitative estimate of drug-likeness (QED) is 0.854. The highest BCUT2D eigenvalue weighted by atomic mass is 32.1. The number of rotatable bonds is 3. The number of thiazole rings is 1. The summed E-state index contributed by atoms with van der Waals surface area (Å²) in [5.74, 6) is 0. The molecule has 2 N–H and O–H groups in total. The van der Waals surface area contributed by atoms with Crippen LogP contribution in [0.1, 0.15) is 22.2 Å². The van der Waals surface area contributed by atoms with Crippen LogP contribution in [0.15, 0.2) is 17.9 Å². The monoisotopic (exact) mass is 222 g/mol. The summed E-state index contributed by atoms with van der Waals surface area (Å²) in [7, 11) is 1.91. The lowest BCUT2D eigenvalue weighted by Gasteiger charge is -2.08. The van der Waals surface area contributed by atoms with Crippen molar-refractivity contribution in [1.82, 2.24) is 14.8 Å². The summed E-state index contributed by atoms with van der Waals surface area (Å²) in [4.78, 5) is 5.25. The number of aromatic nitrogens is 3. The first kappa shape index (κ1) is 10.3. The van der Waals surface area contributed by atoms with Gasteiger partial charge in [0.25, 0.3) is 0 Å². The van der Waals surface area contributed by atoms with Gasteiger partial charge in [-0.1, -0.05) is 0 Å². The third kappa shape index (κ3) is 2.24. The van der Waals surface area contributed by atoms with E-state index < -0.39 is 0 Å². The van der Waals surface area contributed by atoms with E-state index >= 15 is 0 Å². The van der Waals surface area contributed by atoms with Gasteiger partial charge in [0.1, 0.15) is 0 Å². The fourth-order valence-electron chi connectivity index (χ4n) is 1.65. The van der Waals surface area contributed by atoms with E-state index in [1.807, 2.05) is 31.9 Å². The van der Waals surface area contributed by atoms with Crippen LogP contribution in [0.2, 0.25) is 0 Å². The normalized spacial score (nSPS) is 13.0. The number of nitrogens with zero attached hydrogens (tertiary/aromatic N) is 3. The third-order valence-corrected chi connectivity index (χ3v) is 3.16. The number of hydrogen-bond donors (Lipinski definition) is 1. The number of nitrogens with two attached hydrogens (primary N) is 1. The van der Waals surface area contributed by atoms with E-state index in [1.165, 1.54) is 4.88 Å². The van der Waals surface area contributed by atoms with Crippen LogP contribution in [-0.2, 0) is 13.5 Å². The van der Waals surface area contributed by atoms with Gasteiger partial charge >= 0.3 is 0 Å². The molecule has 0 bridgehead atoms. The predicted molar refractivity (Wildman–Crippen MR) is 60.7 cm³/mol. The molecule has 0 saturated heterocycles. The van der Waals surface area contributed by atoms with Crippen molar-refractivity contribution < 1.29 is 0 Å². The van der Waals surface area contributed by atoms with Crippen molar-refractivity contribution in [2.75, 3.05) is 0 Å². The summed E-state index contributed by atoms with van der Waals surface area (Å²) in [6, 6.07) is 0.0131. The summed E-state index contributed by atoms with van der Waals surface area (Å²) >= 11 is 1.64. The molecule has 15 heavy (non-hydrogen) atoms. The Morgan fingerprint density at radius 1 is 1.60 bits per heavy atom. The lowest BCUT2D eigenvalue weighted by atomic mass is 10.1. The molecular weight excluding hydrogens is 208 g/mol. The molecule has 5 heteroatoms. The minimum atomic E-state index is 0.0131. The molecule has 0 aliphatic rings. The lowest BCUT2D eigenvalue weighted by Crippen LogP contribution is -2.13. The van der Waals surface area contributed by atoms with Crippen LogP contribution >= 0.6 is 11.3 Å². The largest absolute Gasteiger partial charge is 0.324 e. The van der Waals surface area contributed by atoms with E-state index in [0.717, 1.165) is 17.7 Å². The van der Waals surface area contributed by atoms with Crippen molar-refractivity contribution in [3.05, 3.63) is 34.0 Å². The predicted octanol–water partition coefficient (Wildman–Crippen LogP) is 1.43. The van der Waals surface area contributed by atoms with Crippen LogP contribution in [0.3, 0.4) is 0 Å². The van der Waals surface area contributed by atoms with E-state index in [-0.39, 0.29) is 6.04 Å². The van der Waals surface area contributed by atoms with E-state index in [2.05, 4.69) is 10.1 Å². The fraction of sp³-hybridized carbons (Fsp3) is 0.400. The summed E-state index contributed by atoms with van der Waals surface area (Å²) < 4.78 is 1.80. The Kier molecular flexibility index (Phi) is 2.83. The molecular formula is C10H14N4S. The molecule has 0 spiro atoms. The van der Waals surface area contributed by atoms with Gasteiger partial charge < -0.3 is 5.73 Å². The molecule has 0 radical (unpaired) electrons. The molecule has 2 heterocycles. The van der Waals surface area contributed by atoms with Crippen LogP contribution < -0.4 is 5.73 Å². The minimum absolute atomic E-state index is 0.0131. The second-order valence-corrected chi connectivity index (χ2v) is 4.59. The van der Waals surface area contributed by atoms with Crippen LogP contribution in [0.5, 0.6) is 0 Å². The lowest BCUT2D eigenvalue weighted by molar-refractivity contribution is 0.721. The van der Waals surface area contributed by atoms with Crippen molar-refractivity contribution in [2.45, 2.75) is 19.4 Å². The molecule has 4 nitrogen and oxygen atoms in total. The Labute approximate surface area is 92.8 Å². The second-order valence-electron chi connectivity index (χ2n) is 3.62. The Morgan fingerprint density at radius 3 is 2.93 bits per heavy atom. The van der Waals surface area contributed by atoms with Crippen molar-refractivity contribution in [2.24, 2.45) is 12.8 Å². The Hall–Kier alpha value is -1.20. The van der Waals surface area contributed by atoms with E-state index in [1.54, 1.807) is 16.0 Å². The minimum Gasteiger partial charge on any atom is -0.324 e. The van der Waals surface area contributed by atoms with Crippen LogP contribution in [-0.4, -0.2) is 14.8 Å². The molecule has 2 rings (SSSR count). The molecule has 0 aliphatic heterocycles. The maximum atomic E-state index is 6.13. The zero-order valence-corrected chi connectivity index (χ0v) is 9.66. The summed E-state index contributed by atoms with van der Waals surface area (Å²) in [6.07, 6.45) is 4.69. The summed E-state index contributed by atoms with van der Waals surface area (Å²) in [5, 5.41) is 4.29. The molecule has 0 amide bonds. The van der Waals surface area contributed by atoms with E-state index in [9.17, 15) is 0 Å². The first-order chi connectivity index (χ1) is 7.16. The Morgan fingerprint density at radius 2 is 2.40 bits per heavy atom. The molecule has 0 aromatic carbocycles. The van der Waals surface area contributed by atoms with Gasteiger partial charge in [0.15, 0.2) is 0 Å². The van der Waals surface area contributed by atoms with Gasteiger partial charge in [0.2, 0.25) is 0 Å². The smallest absolute Gasteiger partial charge is 0.0794 e. The molecule has 0 fully saturated rings.